The highest BCUT2D eigenvalue weighted by Crippen LogP contribution is 2.21. The van der Waals surface area contributed by atoms with E-state index in [1.54, 1.807) is 18.2 Å². The molecule has 0 bridgehead atoms. The number of para-hydroxylation sites is 1. The fraction of sp³-hybridized carbons (Fsp3) is 0.423. The first kappa shape index (κ1) is 27.1. The number of unbranched alkanes of at least 4 members (excludes halogenated alkanes) is 3. The number of ether oxygens (including phenoxy) is 2. The Balaban J connectivity index is 1.75. The van der Waals surface area contributed by atoms with Crippen LogP contribution in [-0.4, -0.2) is 30.1 Å². The zero-order valence-electron chi connectivity index (χ0n) is 20.2. The molecule has 0 aliphatic heterocycles. The fourth-order valence-corrected chi connectivity index (χ4v) is 3.28. The van der Waals surface area contributed by atoms with E-state index in [0.29, 0.717) is 29.6 Å². The van der Waals surface area contributed by atoms with Crippen LogP contribution in [-0.2, 0) is 4.79 Å². The first-order chi connectivity index (χ1) is 16.4. The molecule has 34 heavy (non-hydrogen) atoms. The Hall–Kier alpha value is -3.13. The smallest absolute Gasteiger partial charge is 0.276 e. The lowest BCUT2D eigenvalue weighted by atomic mass is 9.99. The molecule has 0 heterocycles. The highest BCUT2D eigenvalue weighted by Gasteiger charge is 2.14. The Kier molecular flexibility index (Phi) is 11.9. The van der Waals surface area contributed by atoms with Crippen LogP contribution >= 0.6 is 12.2 Å². The number of carbonyl (C=O) groups excluding carboxylic acids is 2. The number of benzene rings is 2. The molecule has 0 aliphatic rings. The minimum Gasteiger partial charge on any atom is -0.493 e. The van der Waals surface area contributed by atoms with E-state index >= 15 is 0 Å². The average Bonchev–Trinajstić information content (AvgIpc) is 2.86. The van der Waals surface area contributed by atoms with Crippen molar-refractivity contribution in [1.29, 1.82) is 0 Å². The van der Waals surface area contributed by atoms with Crippen LogP contribution in [0.5, 0.6) is 11.5 Å². The van der Waals surface area contributed by atoms with Crippen molar-refractivity contribution in [1.82, 2.24) is 16.2 Å². The van der Waals surface area contributed by atoms with Crippen LogP contribution in [0.15, 0.2) is 48.5 Å². The summed E-state index contributed by atoms with van der Waals surface area (Å²) in [4.78, 5) is 24.7. The number of hydrazine groups is 1. The minimum atomic E-state index is -0.432. The summed E-state index contributed by atoms with van der Waals surface area (Å²) in [7, 11) is 0. The van der Waals surface area contributed by atoms with Gasteiger partial charge in [0, 0.05) is 0 Å². The Morgan fingerprint density at radius 2 is 1.68 bits per heavy atom. The number of hydrogen-bond acceptors (Lipinski definition) is 5. The molecule has 0 aliphatic carbocycles. The molecular weight excluding hydrogens is 450 g/mol. The minimum absolute atomic E-state index is 0.0333. The van der Waals surface area contributed by atoms with Gasteiger partial charge in [-0.25, -0.2) is 0 Å². The van der Waals surface area contributed by atoms with Crippen LogP contribution in [0.4, 0.5) is 0 Å². The van der Waals surface area contributed by atoms with Crippen molar-refractivity contribution in [3.05, 3.63) is 59.7 Å². The second-order valence-corrected chi connectivity index (χ2v) is 8.44. The van der Waals surface area contributed by atoms with E-state index in [1.807, 2.05) is 30.3 Å². The summed E-state index contributed by atoms with van der Waals surface area (Å²) in [5.74, 6) is 0.717. The predicted molar refractivity (Wildman–Crippen MR) is 138 cm³/mol. The molecule has 2 amide bonds. The molecule has 184 valence electrons. The predicted octanol–water partition coefficient (Wildman–Crippen LogP) is 4.87. The SMILES string of the molecule is CCCCCCOc1ccccc1C(=O)NC(=S)NNC(=O)COc1ccc(C(C)CC)cc1. The van der Waals surface area contributed by atoms with Crippen LogP contribution in [0, 0.1) is 0 Å². The monoisotopic (exact) mass is 485 g/mol. The molecule has 0 radical (unpaired) electrons. The van der Waals surface area contributed by atoms with Crippen molar-refractivity contribution in [3.63, 3.8) is 0 Å². The van der Waals surface area contributed by atoms with E-state index in [2.05, 4.69) is 36.9 Å². The van der Waals surface area contributed by atoms with E-state index in [0.717, 1.165) is 32.1 Å². The van der Waals surface area contributed by atoms with Gasteiger partial charge in [-0.05, 0) is 60.8 Å². The third-order valence-corrected chi connectivity index (χ3v) is 5.57. The zero-order valence-corrected chi connectivity index (χ0v) is 21.0. The molecule has 2 aromatic rings. The Morgan fingerprint density at radius 3 is 2.38 bits per heavy atom. The standard InChI is InChI=1S/C26H35N3O4S/c1-4-6-7-10-17-32-23-12-9-8-11-22(23)25(31)27-26(34)29-28-24(30)18-33-21-15-13-20(14-16-21)19(3)5-2/h8-9,11-16,19H,4-7,10,17-18H2,1-3H3,(H,28,30)(H2,27,29,31,34). The third kappa shape index (κ3) is 9.39. The van der Waals surface area contributed by atoms with E-state index in [1.165, 1.54) is 5.56 Å². The van der Waals surface area contributed by atoms with Crippen LogP contribution < -0.4 is 25.6 Å². The first-order valence-electron chi connectivity index (χ1n) is 11.8. The van der Waals surface area contributed by atoms with Gasteiger partial charge in [-0.2, -0.15) is 0 Å². The summed E-state index contributed by atoms with van der Waals surface area (Å²) in [5.41, 5.74) is 6.53. The summed E-state index contributed by atoms with van der Waals surface area (Å²) in [6, 6.07) is 14.7. The van der Waals surface area contributed by atoms with E-state index in [-0.39, 0.29) is 11.7 Å². The highest BCUT2D eigenvalue weighted by molar-refractivity contribution is 7.80. The second kappa shape index (κ2) is 14.9. The van der Waals surface area contributed by atoms with Gasteiger partial charge in [0.25, 0.3) is 11.8 Å². The number of rotatable bonds is 12. The molecule has 2 aromatic carbocycles. The van der Waals surface area contributed by atoms with E-state index in [4.69, 9.17) is 21.7 Å². The van der Waals surface area contributed by atoms with E-state index < -0.39 is 11.8 Å². The fourth-order valence-electron chi connectivity index (χ4n) is 3.13. The maximum absolute atomic E-state index is 12.6. The van der Waals surface area contributed by atoms with Gasteiger partial charge in [0.1, 0.15) is 11.5 Å². The summed E-state index contributed by atoms with van der Waals surface area (Å²) < 4.78 is 11.3. The summed E-state index contributed by atoms with van der Waals surface area (Å²) >= 11 is 5.12. The maximum atomic E-state index is 12.6. The van der Waals surface area contributed by atoms with Crippen LogP contribution in [0.25, 0.3) is 0 Å². The summed E-state index contributed by atoms with van der Waals surface area (Å²) in [6.07, 6.45) is 5.39. The maximum Gasteiger partial charge on any atom is 0.276 e. The molecule has 1 atom stereocenters. The van der Waals surface area contributed by atoms with Crippen molar-refractivity contribution in [2.75, 3.05) is 13.2 Å². The van der Waals surface area contributed by atoms with Crippen molar-refractivity contribution < 1.29 is 19.1 Å². The normalized spacial score (nSPS) is 11.3. The molecule has 3 N–H and O–H groups in total. The molecule has 7 nitrogen and oxygen atoms in total. The molecule has 0 saturated carbocycles. The lowest BCUT2D eigenvalue weighted by molar-refractivity contribution is -0.123. The Labute approximate surface area is 207 Å². The van der Waals surface area contributed by atoms with Crippen molar-refractivity contribution >= 4 is 29.1 Å². The first-order valence-corrected chi connectivity index (χ1v) is 12.2. The number of carbonyl (C=O) groups is 2. The summed E-state index contributed by atoms with van der Waals surface area (Å²) in [6.45, 7) is 6.81. The molecule has 0 aromatic heterocycles. The van der Waals surface area contributed by atoms with Gasteiger partial charge in [-0.1, -0.05) is 64.3 Å². The second-order valence-electron chi connectivity index (χ2n) is 8.03. The van der Waals surface area contributed by atoms with Gasteiger partial charge in [0.05, 0.1) is 12.2 Å². The third-order valence-electron chi connectivity index (χ3n) is 5.36. The van der Waals surface area contributed by atoms with Gasteiger partial charge in [-0.3, -0.25) is 25.8 Å². The van der Waals surface area contributed by atoms with Crippen LogP contribution in [0.1, 0.15) is 74.7 Å². The zero-order chi connectivity index (χ0) is 24.8. The van der Waals surface area contributed by atoms with Crippen molar-refractivity contribution in [2.24, 2.45) is 0 Å². The van der Waals surface area contributed by atoms with Crippen molar-refractivity contribution in [3.8, 4) is 11.5 Å². The van der Waals surface area contributed by atoms with Gasteiger partial charge in [-0.15, -0.1) is 0 Å². The largest absolute Gasteiger partial charge is 0.493 e. The topological polar surface area (TPSA) is 88.7 Å². The highest BCUT2D eigenvalue weighted by atomic mass is 32.1. The van der Waals surface area contributed by atoms with Gasteiger partial charge >= 0.3 is 0 Å². The van der Waals surface area contributed by atoms with Crippen LogP contribution in [0.3, 0.4) is 0 Å². The Morgan fingerprint density at radius 1 is 0.941 bits per heavy atom. The Bertz CT molecular complexity index is 934. The number of nitrogens with one attached hydrogen (secondary N) is 3. The van der Waals surface area contributed by atoms with E-state index in [9.17, 15) is 9.59 Å². The number of hydrogen-bond donors (Lipinski definition) is 3. The van der Waals surface area contributed by atoms with Gasteiger partial charge in [0.2, 0.25) is 0 Å². The van der Waals surface area contributed by atoms with Gasteiger partial charge < -0.3 is 9.47 Å². The molecular formula is C26H35N3O4S. The quantitative estimate of drug-likeness (QED) is 0.226. The lowest BCUT2D eigenvalue weighted by Crippen LogP contribution is -2.49. The molecule has 0 saturated heterocycles. The lowest BCUT2D eigenvalue weighted by Gasteiger charge is -2.14. The van der Waals surface area contributed by atoms with Gasteiger partial charge in [0.15, 0.2) is 11.7 Å². The van der Waals surface area contributed by atoms with Crippen LogP contribution in [0.2, 0.25) is 0 Å². The number of thiocarbonyl (C=S) groups is 1. The average molecular weight is 486 g/mol. The molecule has 0 fully saturated rings. The molecule has 8 heteroatoms. The molecule has 1 unspecified atom stereocenters. The molecule has 2 rings (SSSR count). The number of amides is 2. The summed E-state index contributed by atoms with van der Waals surface area (Å²) in [5, 5.41) is 2.51. The molecule has 0 spiro atoms. The van der Waals surface area contributed by atoms with Crippen molar-refractivity contribution in [2.45, 2.75) is 58.8 Å².